The zero-order chi connectivity index (χ0) is 43.2. The molecule has 304 valence electrons. The fourth-order valence-corrected chi connectivity index (χ4v) is 11.7. The van der Waals surface area contributed by atoms with E-state index in [-0.39, 0.29) is 11.8 Å². The van der Waals surface area contributed by atoms with Crippen molar-refractivity contribution in [1.29, 1.82) is 10.5 Å². The average Bonchev–Trinajstić information content (AvgIpc) is 4.16. The molecule has 11 aromatic rings. The van der Waals surface area contributed by atoms with Gasteiger partial charge in [0.15, 0.2) is 0 Å². The third-order valence-corrected chi connectivity index (χ3v) is 14.4. The molecular weight excluding hydrogens is 789 g/mol. The second-order valence-electron chi connectivity index (χ2n) is 17.7. The van der Waals surface area contributed by atoms with Crippen LogP contribution in [0.4, 0.5) is 0 Å². The molecule has 0 spiro atoms. The number of hydrogen-bond donors (Lipinski definition) is 0. The highest BCUT2D eigenvalue weighted by Crippen LogP contribution is 2.60. The number of hydrogen-bond acceptors (Lipinski definition) is 2. The smallest absolute Gasteiger partial charge is 0.103 e. The van der Waals surface area contributed by atoms with E-state index in [1.54, 1.807) is 0 Å². The van der Waals surface area contributed by atoms with Crippen molar-refractivity contribution in [3.63, 3.8) is 0 Å². The van der Waals surface area contributed by atoms with E-state index in [0.717, 1.165) is 119 Å². The lowest BCUT2D eigenvalue weighted by Crippen LogP contribution is -2.15. The zero-order valence-electron chi connectivity index (χ0n) is 35.5. The summed E-state index contributed by atoms with van der Waals surface area (Å²) in [7, 11) is 0. The molecule has 2 aliphatic rings. The number of para-hydroxylation sites is 2. The second-order valence-corrected chi connectivity index (χ2v) is 17.7. The molecule has 1 saturated carbocycles. The highest BCUT2D eigenvalue weighted by atomic mass is 15.0. The van der Waals surface area contributed by atoms with Crippen LogP contribution in [0.2, 0.25) is 0 Å². The lowest BCUT2D eigenvalue weighted by atomic mass is 9.84. The summed E-state index contributed by atoms with van der Waals surface area (Å²) in [5, 5.41) is 28.0. The summed E-state index contributed by atoms with van der Waals surface area (Å²) in [6.07, 6.45) is 3.09. The largest absolute Gasteiger partial charge is 0.307 e. The Hall–Kier alpha value is -8.44. The number of nitriles is 2. The van der Waals surface area contributed by atoms with Gasteiger partial charge in [0.1, 0.15) is 12.1 Å². The summed E-state index contributed by atoms with van der Waals surface area (Å²) in [6, 6.07) is 74.4. The van der Waals surface area contributed by atoms with Crippen molar-refractivity contribution < 1.29 is 0 Å². The number of nitrogens with zero attached hydrogens (tertiary/aromatic N) is 4. The van der Waals surface area contributed by atoms with Crippen molar-refractivity contribution in [1.82, 2.24) is 9.13 Å². The molecule has 0 radical (unpaired) electrons. The Kier molecular flexibility index (Phi) is 8.32. The van der Waals surface area contributed by atoms with Crippen molar-refractivity contribution >= 4 is 43.6 Å². The van der Waals surface area contributed by atoms with Gasteiger partial charge in [-0.15, -0.1) is 0 Å². The van der Waals surface area contributed by atoms with Gasteiger partial charge in [-0.3, -0.25) is 0 Å². The molecule has 0 amide bonds. The van der Waals surface area contributed by atoms with E-state index in [1.807, 2.05) is 0 Å². The first-order valence-electron chi connectivity index (χ1n) is 22.6. The van der Waals surface area contributed by atoms with Crippen molar-refractivity contribution in [3.8, 4) is 68.0 Å². The Labute approximate surface area is 377 Å². The third kappa shape index (κ3) is 5.48. The van der Waals surface area contributed by atoms with Crippen molar-refractivity contribution in [2.45, 2.75) is 31.1 Å². The SMILES string of the molecule is N#Cc1c(C#N)c(-n2c3ccc(-c4ccccc4)cc3c3cccc(-c4ccccc4)c32)c2c(c1-n1c3ccc(-c4ccccc4)cc3c3cccc(-c4ccccc4)c31)C1CCC2C1. The zero-order valence-corrected chi connectivity index (χ0v) is 35.5. The van der Waals surface area contributed by atoms with Gasteiger partial charge in [-0.05, 0) is 99.9 Å². The summed E-state index contributed by atoms with van der Waals surface area (Å²) in [5.41, 5.74) is 18.1. The molecule has 2 heterocycles. The lowest BCUT2D eigenvalue weighted by Gasteiger charge is -2.28. The Morgan fingerprint density at radius 1 is 0.369 bits per heavy atom. The molecule has 2 aliphatic carbocycles. The molecule has 2 unspecified atom stereocenters. The van der Waals surface area contributed by atoms with Gasteiger partial charge in [0.05, 0.1) is 44.6 Å². The minimum atomic E-state index is 0.245. The molecule has 2 bridgehead atoms. The van der Waals surface area contributed by atoms with Crippen LogP contribution in [0.15, 0.2) is 194 Å². The molecule has 0 N–H and O–H groups in total. The Balaban J connectivity index is 1.19. The van der Waals surface area contributed by atoms with Crippen molar-refractivity contribution in [3.05, 3.63) is 216 Å². The molecule has 4 heteroatoms. The molecular formula is C61H40N4. The van der Waals surface area contributed by atoms with Crippen LogP contribution in [0, 0.1) is 22.7 Å². The summed E-state index contributed by atoms with van der Waals surface area (Å²) in [6.45, 7) is 0. The van der Waals surface area contributed by atoms with Crippen molar-refractivity contribution in [2.75, 3.05) is 0 Å². The van der Waals surface area contributed by atoms with Gasteiger partial charge < -0.3 is 9.13 Å². The summed E-state index contributed by atoms with van der Waals surface area (Å²) < 4.78 is 4.75. The monoisotopic (exact) mass is 828 g/mol. The minimum Gasteiger partial charge on any atom is -0.307 e. The number of fused-ring (bicyclic) bond motifs is 11. The van der Waals surface area contributed by atoms with E-state index in [9.17, 15) is 10.5 Å². The van der Waals surface area contributed by atoms with E-state index in [1.165, 1.54) is 11.1 Å². The normalized spacial score (nSPS) is 15.2. The van der Waals surface area contributed by atoms with E-state index in [0.29, 0.717) is 11.1 Å². The van der Waals surface area contributed by atoms with Crippen LogP contribution < -0.4 is 0 Å². The molecule has 0 saturated heterocycles. The van der Waals surface area contributed by atoms with Crippen molar-refractivity contribution in [2.24, 2.45) is 0 Å². The molecule has 4 nitrogen and oxygen atoms in total. The predicted molar refractivity (Wildman–Crippen MR) is 266 cm³/mol. The topological polar surface area (TPSA) is 57.4 Å². The van der Waals surface area contributed by atoms with E-state index >= 15 is 0 Å². The fraction of sp³-hybridized carbons (Fsp3) is 0.0820. The number of aromatic nitrogens is 2. The van der Waals surface area contributed by atoms with Gasteiger partial charge in [-0.25, -0.2) is 0 Å². The molecule has 9 aromatic carbocycles. The quantitative estimate of drug-likeness (QED) is 0.168. The summed E-state index contributed by atoms with van der Waals surface area (Å²) in [5.74, 6) is 0.491. The maximum Gasteiger partial charge on any atom is 0.103 e. The molecule has 2 aromatic heterocycles. The van der Waals surface area contributed by atoms with Crippen LogP contribution in [0.3, 0.4) is 0 Å². The first-order valence-corrected chi connectivity index (χ1v) is 22.6. The van der Waals surface area contributed by atoms with Gasteiger partial charge in [0, 0.05) is 32.7 Å². The Bertz CT molecular complexity index is 3560. The second kappa shape index (κ2) is 14.6. The van der Waals surface area contributed by atoms with Crippen LogP contribution in [0.25, 0.3) is 99.5 Å². The predicted octanol–water partition coefficient (Wildman–Crippen LogP) is 15.7. The van der Waals surface area contributed by atoms with E-state index in [4.69, 9.17) is 0 Å². The first kappa shape index (κ1) is 37.1. The molecule has 65 heavy (non-hydrogen) atoms. The molecule has 13 rings (SSSR count). The standard InChI is InChI=1S/C61H40N4/c62-36-52-53(37-63)61(65-55-32-30-43(39-17-7-2-8-18-39)35-51(55)49-26-14-24-47(59(49)65)41-21-11-4-12-22-41)57-45-28-27-44(33-45)56(57)60(52)64-54-31-29-42(38-15-5-1-6-16-38)34-50(54)48-25-13-23-46(58(48)64)40-19-9-3-10-20-40/h1-26,29-32,34-35,44-45H,27-28,33H2. The maximum atomic E-state index is 11.8. The first-order chi connectivity index (χ1) is 32.2. The van der Waals surface area contributed by atoms with Crippen LogP contribution in [0.5, 0.6) is 0 Å². The highest BCUT2D eigenvalue weighted by Gasteiger charge is 2.44. The van der Waals surface area contributed by atoms with Crippen LogP contribution >= 0.6 is 0 Å². The van der Waals surface area contributed by atoms with Gasteiger partial charge in [-0.1, -0.05) is 170 Å². The molecule has 1 fully saturated rings. The minimum absolute atomic E-state index is 0.245. The van der Waals surface area contributed by atoms with Crippen LogP contribution in [0.1, 0.15) is 53.4 Å². The average molecular weight is 829 g/mol. The van der Waals surface area contributed by atoms with Gasteiger partial charge in [-0.2, -0.15) is 10.5 Å². The fourth-order valence-electron chi connectivity index (χ4n) is 11.7. The van der Waals surface area contributed by atoms with E-state index in [2.05, 4.69) is 215 Å². The number of benzene rings is 9. The third-order valence-electron chi connectivity index (χ3n) is 14.4. The van der Waals surface area contributed by atoms with E-state index < -0.39 is 0 Å². The van der Waals surface area contributed by atoms with Gasteiger partial charge in [0.25, 0.3) is 0 Å². The van der Waals surface area contributed by atoms with Gasteiger partial charge >= 0.3 is 0 Å². The van der Waals surface area contributed by atoms with Gasteiger partial charge in [0.2, 0.25) is 0 Å². The Morgan fingerprint density at radius 3 is 1.14 bits per heavy atom. The Morgan fingerprint density at radius 2 is 0.754 bits per heavy atom. The van der Waals surface area contributed by atoms with Crippen LogP contribution in [-0.4, -0.2) is 9.13 Å². The molecule has 0 aliphatic heterocycles. The highest BCUT2D eigenvalue weighted by molar-refractivity contribution is 6.17. The number of rotatable bonds is 6. The maximum absolute atomic E-state index is 11.8. The summed E-state index contributed by atoms with van der Waals surface area (Å²) >= 11 is 0. The molecule has 2 atom stereocenters. The lowest BCUT2D eigenvalue weighted by molar-refractivity contribution is 0.709. The summed E-state index contributed by atoms with van der Waals surface area (Å²) in [4.78, 5) is 0. The van der Waals surface area contributed by atoms with Crippen LogP contribution in [-0.2, 0) is 0 Å².